The van der Waals surface area contributed by atoms with Crippen LogP contribution in [-0.4, -0.2) is 16.6 Å². The Morgan fingerprint density at radius 2 is 1.88 bits per heavy atom. The third kappa shape index (κ3) is 4.71. The van der Waals surface area contributed by atoms with Gasteiger partial charge in [-0.05, 0) is 45.1 Å². The number of hydrogen-bond donors (Lipinski definition) is 2. The zero-order valence-electron chi connectivity index (χ0n) is 10.0. The largest absolute Gasteiger partial charge is 0.358 e. The molecule has 0 fully saturated rings. The van der Waals surface area contributed by atoms with E-state index in [0.717, 1.165) is 0 Å². The van der Waals surface area contributed by atoms with E-state index in [1.165, 1.54) is 0 Å². The number of benzene rings is 1. The van der Waals surface area contributed by atoms with Gasteiger partial charge in [0.25, 0.3) is 5.91 Å². The summed E-state index contributed by atoms with van der Waals surface area (Å²) in [5, 5.41) is 6.29. The molecule has 0 heterocycles. The van der Waals surface area contributed by atoms with Crippen molar-refractivity contribution < 1.29 is 4.79 Å². The first-order chi connectivity index (χ1) is 7.79. The normalized spacial score (nSPS) is 10.8. The predicted octanol–water partition coefficient (Wildman–Crippen LogP) is 2.74. The van der Waals surface area contributed by atoms with Gasteiger partial charge in [0.05, 0.1) is 10.6 Å². The summed E-state index contributed by atoms with van der Waals surface area (Å²) < 4.78 is 0. The summed E-state index contributed by atoms with van der Waals surface area (Å²) in [7, 11) is 0. The van der Waals surface area contributed by atoms with Crippen LogP contribution in [0.5, 0.6) is 0 Å². The monoisotopic (exact) mass is 270 g/mol. The molecule has 0 spiro atoms. The van der Waals surface area contributed by atoms with E-state index in [2.05, 4.69) is 10.6 Å². The second kappa shape index (κ2) is 5.47. The number of carbonyl (C=O) groups excluding carboxylic acids is 1. The average Bonchev–Trinajstić information content (AvgIpc) is 2.14. The first kappa shape index (κ1) is 13.9. The molecular weight excluding hydrogens is 256 g/mol. The fourth-order valence-corrected chi connectivity index (χ4v) is 1.81. The number of hydrogen-bond acceptors (Lipinski definition) is 2. The van der Waals surface area contributed by atoms with Gasteiger partial charge in [0.1, 0.15) is 0 Å². The van der Waals surface area contributed by atoms with Gasteiger partial charge in [-0.25, -0.2) is 0 Å². The molecule has 0 unspecified atom stereocenters. The number of thiocarbonyl (C=S) groups is 1. The Morgan fingerprint density at radius 1 is 1.29 bits per heavy atom. The lowest BCUT2D eigenvalue weighted by molar-refractivity contribution is 0.0976. The zero-order valence-corrected chi connectivity index (χ0v) is 11.6. The van der Waals surface area contributed by atoms with E-state index in [4.69, 9.17) is 23.8 Å². The molecule has 0 aliphatic heterocycles. The molecule has 1 amide bonds. The Balaban J connectivity index is 2.68. The molecule has 0 saturated heterocycles. The molecule has 3 nitrogen and oxygen atoms in total. The van der Waals surface area contributed by atoms with Gasteiger partial charge < -0.3 is 5.32 Å². The molecule has 0 aromatic heterocycles. The number of halogens is 1. The van der Waals surface area contributed by atoms with Crippen LogP contribution in [0.2, 0.25) is 5.02 Å². The molecule has 92 valence electrons. The van der Waals surface area contributed by atoms with Gasteiger partial charge >= 0.3 is 0 Å². The Labute approximate surface area is 112 Å². The minimum Gasteiger partial charge on any atom is -0.358 e. The molecule has 0 radical (unpaired) electrons. The van der Waals surface area contributed by atoms with Crippen LogP contribution in [0.25, 0.3) is 0 Å². The average molecular weight is 271 g/mol. The van der Waals surface area contributed by atoms with Gasteiger partial charge in [0.2, 0.25) is 0 Å². The minimum atomic E-state index is -0.308. The molecule has 17 heavy (non-hydrogen) atoms. The molecule has 0 saturated carbocycles. The second-order valence-electron chi connectivity index (χ2n) is 4.64. The second-order valence-corrected chi connectivity index (χ2v) is 5.45. The number of amides is 1. The maximum absolute atomic E-state index is 11.8. The lowest BCUT2D eigenvalue weighted by atomic mass is 10.1. The van der Waals surface area contributed by atoms with E-state index in [9.17, 15) is 4.79 Å². The summed E-state index contributed by atoms with van der Waals surface area (Å²) in [6, 6.07) is 6.83. The highest BCUT2D eigenvalue weighted by Gasteiger charge is 2.15. The van der Waals surface area contributed by atoms with E-state index in [-0.39, 0.29) is 11.4 Å². The molecular formula is C12H15ClN2OS. The summed E-state index contributed by atoms with van der Waals surface area (Å²) in [5.41, 5.74) is 0.220. The fraction of sp³-hybridized carbons (Fsp3) is 0.333. The van der Waals surface area contributed by atoms with Crippen LogP contribution in [0.15, 0.2) is 24.3 Å². The van der Waals surface area contributed by atoms with Gasteiger partial charge in [-0.1, -0.05) is 23.7 Å². The van der Waals surface area contributed by atoms with E-state index in [0.29, 0.717) is 15.7 Å². The van der Waals surface area contributed by atoms with Crippen LogP contribution in [0.4, 0.5) is 0 Å². The van der Waals surface area contributed by atoms with E-state index in [1.807, 2.05) is 20.8 Å². The maximum Gasteiger partial charge on any atom is 0.258 e. The van der Waals surface area contributed by atoms with E-state index >= 15 is 0 Å². The van der Waals surface area contributed by atoms with Crippen LogP contribution in [0.1, 0.15) is 31.1 Å². The molecule has 5 heteroatoms. The summed E-state index contributed by atoms with van der Waals surface area (Å²) in [6.07, 6.45) is 0. The van der Waals surface area contributed by atoms with Crippen molar-refractivity contribution in [3.63, 3.8) is 0 Å². The third-order valence-electron chi connectivity index (χ3n) is 1.83. The van der Waals surface area contributed by atoms with Gasteiger partial charge in [0, 0.05) is 5.54 Å². The lowest BCUT2D eigenvalue weighted by Gasteiger charge is -2.22. The number of rotatable bonds is 1. The smallest absolute Gasteiger partial charge is 0.258 e. The highest BCUT2D eigenvalue weighted by atomic mass is 35.5. The first-order valence-corrected chi connectivity index (χ1v) is 5.96. The molecule has 1 aromatic carbocycles. The Kier molecular flexibility index (Phi) is 4.48. The molecule has 0 aliphatic rings. The van der Waals surface area contributed by atoms with Gasteiger partial charge in [-0.15, -0.1) is 0 Å². The summed E-state index contributed by atoms with van der Waals surface area (Å²) >= 11 is 10.9. The van der Waals surface area contributed by atoms with E-state index in [1.54, 1.807) is 24.3 Å². The summed E-state index contributed by atoms with van der Waals surface area (Å²) in [5.74, 6) is -0.308. The standard InChI is InChI=1S/C12H15ClN2OS/c1-12(2,3)15-11(17)14-10(16)8-6-4-5-7-9(8)13/h4-7H,1-3H3,(H2,14,15,16,17). The lowest BCUT2D eigenvalue weighted by Crippen LogP contribution is -2.48. The number of nitrogens with one attached hydrogen (secondary N) is 2. The van der Waals surface area contributed by atoms with Gasteiger partial charge in [-0.3, -0.25) is 10.1 Å². The predicted molar refractivity (Wildman–Crippen MR) is 74.4 cm³/mol. The Hall–Kier alpha value is -1.13. The van der Waals surface area contributed by atoms with Crippen molar-refractivity contribution in [3.8, 4) is 0 Å². The van der Waals surface area contributed by atoms with Gasteiger partial charge in [-0.2, -0.15) is 0 Å². The highest BCUT2D eigenvalue weighted by Crippen LogP contribution is 2.14. The highest BCUT2D eigenvalue weighted by molar-refractivity contribution is 7.80. The molecule has 1 aromatic rings. The Bertz CT molecular complexity index is 440. The summed E-state index contributed by atoms with van der Waals surface area (Å²) in [4.78, 5) is 11.8. The van der Waals surface area contributed by atoms with Crippen LogP contribution in [0, 0.1) is 0 Å². The van der Waals surface area contributed by atoms with Crippen LogP contribution in [0.3, 0.4) is 0 Å². The van der Waals surface area contributed by atoms with Crippen LogP contribution < -0.4 is 10.6 Å². The summed E-state index contributed by atoms with van der Waals surface area (Å²) in [6.45, 7) is 5.88. The van der Waals surface area contributed by atoms with Crippen molar-refractivity contribution in [3.05, 3.63) is 34.9 Å². The number of carbonyl (C=O) groups is 1. The van der Waals surface area contributed by atoms with Crippen LogP contribution in [-0.2, 0) is 0 Å². The van der Waals surface area contributed by atoms with Gasteiger partial charge in [0.15, 0.2) is 5.11 Å². The first-order valence-electron chi connectivity index (χ1n) is 5.17. The van der Waals surface area contributed by atoms with E-state index < -0.39 is 0 Å². The van der Waals surface area contributed by atoms with Crippen molar-refractivity contribution in [2.24, 2.45) is 0 Å². The fourth-order valence-electron chi connectivity index (χ4n) is 1.19. The maximum atomic E-state index is 11.8. The Morgan fingerprint density at radius 3 is 2.41 bits per heavy atom. The van der Waals surface area contributed by atoms with Crippen molar-refractivity contribution >= 4 is 34.8 Å². The van der Waals surface area contributed by atoms with Crippen LogP contribution >= 0.6 is 23.8 Å². The van der Waals surface area contributed by atoms with Crippen molar-refractivity contribution in [1.82, 2.24) is 10.6 Å². The minimum absolute atomic E-state index is 0.190. The quantitative estimate of drug-likeness (QED) is 0.771. The molecule has 0 aliphatic carbocycles. The van der Waals surface area contributed by atoms with Crippen molar-refractivity contribution in [2.75, 3.05) is 0 Å². The molecule has 0 atom stereocenters. The van der Waals surface area contributed by atoms with Crippen molar-refractivity contribution in [2.45, 2.75) is 26.3 Å². The van der Waals surface area contributed by atoms with Crippen molar-refractivity contribution in [1.29, 1.82) is 0 Å². The third-order valence-corrected chi connectivity index (χ3v) is 2.37. The topological polar surface area (TPSA) is 41.1 Å². The SMILES string of the molecule is CC(C)(C)NC(=S)NC(=O)c1ccccc1Cl. The molecule has 1 rings (SSSR count). The zero-order chi connectivity index (χ0) is 13.1. The molecule has 0 bridgehead atoms. The molecule has 2 N–H and O–H groups in total.